The van der Waals surface area contributed by atoms with Crippen molar-refractivity contribution in [3.63, 3.8) is 0 Å². The molecule has 0 aliphatic rings. The van der Waals surface area contributed by atoms with Crippen molar-refractivity contribution < 1.29 is 0 Å². The number of rotatable bonds is 20. The predicted molar refractivity (Wildman–Crippen MR) is 144 cm³/mol. The molecule has 0 N–H and O–H groups in total. The van der Waals surface area contributed by atoms with Crippen molar-refractivity contribution >= 4 is 10.8 Å². The molecule has 0 spiro atoms. The summed E-state index contributed by atoms with van der Waals surface area (Å²) in [5, 5.41) is 2.60. The van der Waals surface area contributed by atoms with Gasteiger partial charge in [-0.05, 0) is 34.7 Å². The zero-order chi connectivity index (χ0) is 22.7. The molecule has 0 bridgehead atoms. The lowest BCUT2D eigenvalue weighted by atomic mass is 9.88. The third-order valence-electron chi connectivity index (χ3n) is 7.16. The molecule has 2 aromatic carbocycles. The minimum atomic E-state index is 0.840. The number of benzene rings is 2. The van der Waals surface area contributed by atoms with Gasteiger partial charge in [0.15, 0.2) is 0 Å². The summed E-state index contributed by atoms with van der Waals surface area (Å²) in [5.41, 5.74) is 1.42. The van der Waals surface area contributed by atoms with Crippen LogP contribution >= 0.6 is 0 Å². The Kier molecular flexibility index (Phi) is 15.3. The summed E-state index contributed by atoms with van der Waals surface area (Å²) < 4.78 is 0. The Balaban J connectivity index is 1.73. The van der Waals surface area contributed by atoms with Crippen LogP contribution in [0.3, 0.4) is 0 Å². The zero-order valence-electron chi connectivity index (χ0n) is 21.5. The van der Waals surface area contributed by atoms with Crippen molar-refractivity contribution in [1.82, 2.24) is 0 Å². The molecule has 1 unspecified atom stereocenters. The van der Waals surface area contributed by atoms with E-state index in [1.54, 1.807) is 0 Å². The first-order valence-corrected chi connectivity index (χ1v) is 14.2. The van der Waals surface area contributed by atoms with Crippen molar-refractivity contribution in [2.45, 2.75) is 136 Å². The summed E-state index contributed by atoms with van der Waals surface area (Å²) in [6.45, 7) is 4.61. The quantitative estimate of drug-likeness (QED) is 0.181. The number of fused-ring (bicyclic) bond motifs is 1. The van der Waals surface area contributed by atoms with Crippen molar-refractivity contribution in [2.75, 3.05) is 0 Å². The van der Waals surface area contributed by atoms with Crippen LogP contribution in [0.2, 0.25) is 0 Å². The molecule has 2 aromatic rings. The highest BCUT2D eigenvalue weighted by Gasteiger charge is 2.11. The van der Waals surface area contributed by atoms with Crippen molar-refractivity contribution in [3.8, 4) is 0 Å². The van der Waals surface area contributed by atoms with Crippen LogP contribution in [0.4, 0.5) is 0 Å². The highest BCUT2D eigenvalue weighted by Crippen LogP contribution is 2.25. The maximum Gasteiger partial charge on any atom is -0.00642 e. The van der Waals surface area contributed by atoms with E-state index < -0.39 is 0 Å². The van der Waals surface area contributed by atoms with E-state index >= 15 is 0 Å². The van der Waals surface area contributed by atoms with Crippen LogP contribution in [0.15, 0.2) is 36.4 Å². The number of hydrogen-bond acceptors (Lipinski definition) is 0. The van der Waals surface area contributed by atoms with Gasteiger partial charge in [0.25, 0.3) is 0 Å². The van der Waals surface area contributed by atoms with E-state index in [4.69, 9.17) is 0 Å². The van der Waals surface area contributed by atoms with E-state index in [9.17, 15) is 0 Å². The molecule has 0 aromatic heterocycles. The second-order valence-electron chi connectivity index (χ2n) is 10.2. The molecule has 0 nitrogen and oxygen atoms in total. The molecule has 0 aliphatic carbocycles. The first-order chi connectivity index (χ1) is 15.8. The van der Waals surface area contributed by atoms with E-state index in [2.05, 4.69) is 56.3 Å². The van der Waals surface area contributed by atoms with Crippen molar-refractivity contribution in [1.29, 1.82) is 0 Å². The second-order valence-corrected chi connectivity index (χ2v) is 10.2. The molecule has 0 heteroatoms. The molecule has 0 saturated carbocycles. The maximum atomic E-state index is 3.72. The van der Waals surface area contributed by atoms with Crippen LogP contribution in [-0.2, 0) is 6.42 Å². The molecule has 0 amide bonds. The van der Waals surface area contributed by atoms with Crippen molar-refractivity contribution in [3.05, 3.63) is 48.0 Å². The Hall–Kier alpha value is -1.30. The number of hydrogen-bond donors (Lipinski definition) is 0. The average Bonchev–Trinajstić information content (AvgIpc) is 2.82. The highest BCUT2D eigenvalue weighted by atomic mass is 14.2. The molecule has 0 aliphatic heterocycles. The molecule has 2 rings (SSSR count). The van der Waals surface area contributed by atoms with E-state index in [1.807, 2.05) is 0 Å². The predicted octanol–water partition coefficient (Wildman–Crippen LogP) is 10.9. The number of unbranched alkanes of at least 4 members (excludes halogenated alkanes) is 14. The topological polar surface area (TPSA) is 0 Å². The summed E-state index contributed by atoms with van der Waals surface area (Å²) in [6.07, 6.45) is 26.8. The molecule has 1 radical (unpaired) electrons. The van der Waals surface area contributed by atoms with Crippen LogP contribution in [0.25, 0.3) is 10.8 Å². The van der Waals surface area contributed by atoms with Crippen molar-refractivity contribution in [2.24, 2.45) is 5.92 Å². The van der Waals surface area contributed by atoms with Gasteiger partial charge in [0.2, 0.25) is 0 Å². The largest absolute Gasteiger partial charge is 0.0654 e. The van der Waals surface area contributed by atoms with Gasteiger partial charge in [-0.15, -0.1) is 0 Å². The van der Waals surface area contributed by atoms with Gasteiger partial charge < -0.3 is 0 Å². The molecule has 32 heavy (non-hydrogen) atoms. The Morgan fingerprint density at radius 3 is 1.62 bits per heavy atom. The van der Waals surface area contributed by atoms with Gasteiger partial charge >= 0.3 is 0 Å². The molecule has 0 fully saturated rings. The van der Waals surface area contributed by atoms with Gasteiger partial charge in [0.05, 0.1) is 0 Å². The lowest BCUT2D eigenvalue weighted by Crippen LogP contribution is -2.05. The SMILES string of the molecule is CCCCCCCCCCCC(CCCCCCCCC)Cc1[c]c2ccccc2cc1. The monoisotopic (exact) mass is 435 g/mol. The molecular formula is C32H51. The first kappa shape index (κ1) is 26.9. The summed E-state index contributed by atoms with van der Waals surface area (Å²) in [5.74, 6) is 0.840. The van der Waals surface area contributed by atoms with Crippen LogP contribution < -0.4 is 0 Å². The molecule has 0 heterocycles. The van der Waals surface area contributed by atoms with Gasteiger partial charge in [0, 0.05) is 0 Å². The van der Waals surface area contributed by atoms with E-state index in [1.165, 1.54) is 138 Å². The minimum Gasteiger partial charge on any atom is -0.0654 e. The minimum absolute atomic E-state index is 0.840. The standard InChI is InChI=1S/C32H51/c1-3-5-7-9-11-12-14-16-18-22-29(21-17-15-13-10-8-6-4-2)27-30-25-26-31-23-19-20-24-32(31)28-30/h19-20,23-26,29H,3-18,21-22,27H2,1-2H3. The summed E-state index contributed by atoms with van der Waals surface area (Å²) >= 11 is 0. The van der Waals surface area contributed by atoms with Gasteiger partial charge in [-0.2, -0.15) is 0 Å². The van der Waals surface area contributed by atoms with Gasteiger partial charge in [-0.25, -0.2) is 0 Å². The van der Waals surface area contributed by atoms with Crippen LogP contribution in [0.5, 0.6) is 0 Å². The van der Waals surface area contributed by atoms with Gasteiger partial charge in [0.1, 0.15) is 0 Å². The van der Waals surface area contributed by atoms with Crippen LogP contribution in [0.1, 0.15) is 135 Å². The van der Waals surface area contributed by atoms with E-state index in [0.717, 1.165) is 5.92 Å². The molecule has 1 atom stereocenters. The molecular weight excluding hydrogens is 384 g/mol. The Bertz CT molecular complexity index is 685. The summed E-state index contributed by atoms with van der Waals surface area (Å²) in [6, 6.07) is 17.0. The molecule has 0 saturated heterocycles. The fraction of sp³-hybridized carbons (Fsp3) is 0.688. The fourth-order valence-corrected chi connectivity index (χ4v) is 5.07. The van der Waals surface area contributed by atoms with E-state index in [-0.39, 0.29) is 0 Å². The third-order valence-corrected chi connectivity index (χ3v) is 7.16. The summed E-state index contributed by atoms with van der Waals surface area (Å²) in [7, 11) is 0. The normalized spacial score (nSPS) is 12.4. The highest BCUT2D eigenvalue weighted by molar-refractivity contribution is 5.82. The second kappa shape index (κ2) is 18.2. The fourth-order valence-electron chi connectivity index (χ4n) is 5.07. The Morgan fingerprint density at radius 1 is 0.562 bits per heavy atom. The third kappa shape index (κ3) is 12.1. The Morgan fingerprint density at radius 2 is 1.06 bits per heavy atom. The van der Waals surface area contributed by atoms with Gasteiger partial charge in [-0.1, -0.05) is 166 Å². The Labute approximate surface area is 200 Å². The van der Waals surface area contributed by atoms with Crippen LogP contribution in [-0.4, -0.2) is 0 Å². The van der Waals surface area contributed by atoms with Crippen LogP contribution in [0, 0.1) is 12.0 Å². The maximum absolute atomic E-state index is 3.72. The lowest BCUT2D eigenvalue weighted by Gasteiger charge is -2.17. The lowest BCUT2D eigenvalue weighted by molar-refractivity contribution is 0.400. The zero-order valence-corrected chi connectivity index (χ0v) is 21.5. The van der Waals surface area contributed by atoms with Gasteiger partial charge in [-0.3, -0.25) is 0 Å². The first-order valence-electron chi connectivity index (χ1n) is 14.2. The smallest absolute Gasteiger partial charge is 0.00642 e. The van der Waals surface area contributed by atoms with E-state index in [0.29, 0.717) is 0 Å². The average molecular weight is 436 g/mol. The summed E-state index contributed by atoms with van der Waals surface area (Å²) in [4.78, 5) is 0. The molecule has 179 valence electrons.